The molecular weight excluding hydrogens is 365 g/mol. The first-order valence-electron chi connectivity index (χ1n) is 6.01. The van der Waals surface area contributed by atoms with E-state index in [9.17, 15) is 0 Å². The van der Waals surface area contributed by atoms with Crippen LogP contribution in [0.3, 0.4) is 0 Å². The summed E-state index contributed by atoms with van der Waals surface area (Å²) >= 11 is 3.79. The molecule has 1 heterocycles. The zero-order valence-electron chi connectivity index (χ0n) is 10.4. The topological polar surface area (TPSA) is 12.9 Å². The van der Waals surface area contributed by atoms with E-state index in [2.05, 4.69) is 76.3 Å². The van der Waals surface area contributed by atoms with E-state index >= 15 is 0 Å². The van der Waals surface area contributed by atoms with E-state index in [0.717, 1.165) is 10.2 Å². The molecule has 3 heteroatoms. The van der Waals surface area contributed by atoms with Crippen molar-refractivity contribution >= 4 is 30.4 Å². The van der Waals surface area contributed by atoms with Crippen LogP contribution in [0, 0.1) is 6.92 Å². The molecule has 0 aliphatic heterocycles. The Bertz CT molecular complexity index is 701. The van der Waals surface area contributed by atoms with E-state index in [4.69, 9.17) is 4.98 Å². The van der Waals surface area contributed by atoms with E-state index in [0.29, 0.717) is 14.5 Å². The van der Waals surface area contributed by atoms with Gasteiger partial charge in [0.2, 0.25) is 0 Å². The van der Waals surface area contributed by atoms with Crippen LogP contribution in [0.4, 0.5) is 0 Å². The number of aryl methyl sites for hydroxylation is 1. The molecule has 3 rings (SSSR count). The average Bonchev–Trinajstić information content (AvgIpc) is 2.89. The fourth-order valence-electron chi connectivity index (χ4n) is 1.96. The monoisotopic (exact) mass is 377 g/mol. The van der Waals surface area contributed by atoms with Crippen molar-refractivity contribution in [1.82, 2.24) is 4.98 Å². The van der Waals surface area contributed by atoms with Gasteiger partial charge in [-0.25, -0.2) is 0 Å². The van der Waals surface area contributed by atoms with Crippen LogP contribution in [-0.4, -0.2) is 19.5 Å². The van der Waals surface area contributed by atoms with Crippen molar-refractivity contribution in [2.45, 2.75) is 6.92 Å². The van der Waals surface area contributed by atoms with Gasteiger partial charge in [0.15, 0.2) is 0 Å². The molecule has 1 nitrogen and oxygen atoms in total. The van der Waals surface area contributed by atoms with Gasteiger partial charge >= 0.3 is 127 Å². The second-order valence-electron chi connectivity index (χ2n) is 4.36. The Morgan fingerprint density at radius 3 is 2.47 bits per heavy atom. The number of hydrogen-bond donors (Lipinski definition) is 0. The van der Waals surface area contributed by atoms with Gasteiger partial charge in [-0.05, 0) is 0 Å². The Labute approximate surface area is 127 Å². The number of rotatable bonds is 2. The summed E-state index contributed by atoms with van der Waals surface area (Å²) in [6.45, 7) is 2.14. The number of aromatic nitrogens is 1. The van der Waals surface area contributed by atoms with Crippen LogP contribution in [-0.2, 0) is 0 Å². The molecule has 0 bridgehead atoms. The maximum absolute atomic E-state index is 4.81. The first-order valence-corrected chi connectivity index (χ1v) is 8.65. The van der Waals surface area contributed by atoms with Crippen LogP contribution < -0.4 is 0 Å². The van der Waals surface area contributed by atoms with Crippen LogP contribution in [0.1, 0.15) is 5.56 Å². The van der Waals surface area contributed by atoms with Gasteiger partial charge in [-0.1, -0.05) is 0 Å². The van der Waals surface area contributed by atoms with Gasteiger partial charge in [0.25, 0.3) is 0 Å². The van der Waals surface area contributed by atoms with Crippen LogP contribution >= 0.6 is 15.9 Å². The van der Waals surface area contributed by atoms with Crippen molar-refractivity contribution in [3.05, 3.63) is 63.5 Å². The second-order valence-corrected chi connectivity index (χ2v) is 7.08. The van der Waals surface area contributed by atoms with E-state index in [1.54, 1.807) is 0 Å². The van der Waals surface area contributed by atoms with Crippen molar-refractivity contribution in [2.75, 3.05) is 0 Å². The molecule has 1 aromatic heterocycles. The first-order chi connectivity index (χ1) is 9.24. The van der Waals surface area contributed by atoms with E-state index in [1.165, 1.54) is 21.3 Å². The fourth-order valence-corrected chi connectivity index (χ4v) is 4.16. The molecular formula is C16H12BrNSe. The molecule has 2 aromatic carbocycles. The van der Waals surface area contributed by atoms with Crippen LogP contribution in [0.5, 0.6) is 0 Å². The van der Waals surface area contributed by atoms with Gasteiger partial charge in [-0.3, -0.25) is 0 Å². The third-order valence-corrected chi connectivity index (χ3v) is 5.39. The predicted octanol–water partition coefficient (Wildman–Crippen LogP) is 4.54. The Hall–Kier alpha value is -1.15. The van der Waals surface area contributed by atoms with Gasteiger partial charge in [-0.15, -0.1) is 0 Å². The second kappa shape index (κ2) is 5.46. The molecule has 0 spiro atoms. The predicted molar refractivity (Wildman–Crippen MR) is 84.5 cm³/mol. The molecule has 0 aliphatic rings. The van der Waals surface area contributed by atoms with Crippen molar-refractivity contribution in [3.63, 3.8) is 0 Å². The number of benzene rings is 2. The van der Waals surface area contributed by atoms with Crippen LogP contribution in [0.2, 0.25) is 0 Å². The SMILES string of the molecule is Cc1ccccc1-c1nc(-c2ccc(Br)cc2)c[se]1. The molecule has 0 aliphatic carbocycles. The molecule has 0 unspecified atom stereocenters. The van der Waals surface area contributed by atoms with Gasteiger partial charge < -0.3 is 0 Å². The van der Waals surface area contributed by atoms with E-state index in [-0.39, 0.29) is 0 Å². The van der Waals surface area contributed by atoms with Crippen molar-refractivity contribution in [2.24, 2.45) is 0 Å². The van der Waals surface area contributed by atoms with Crippen molar-refractivity contribution in [1.29, 1.82) is 0 Å². The molecule has 0 saturated carbocycles. The molecule has 19 heavy (non-hydrogen) atoms. The van der Waals surface area contributed by atoms with Crippen LogP contribution in [0.15, 0.2) is 57.9 Å². The summed E-state index contributed by atoms with van der Waals surface area (Å²) < 4.78 is 2.33. The standard InChI is InChI=1S/C16H12BrNSe/c1-11-4-2-3-5-14(11)16-18-15(10-19-16)12-6-8-13(17)9-7-12/h2-10H,1H3. The normalized spacial score (nSPS) is 10.6. The molecule has 0 atom stereocenters. The summed E-state index contributed by atoms with van der Waals surface area (Å²) in [5.74, 6) is 0. The van der Waals surface area contributed by atoms with Gasteiger partial charge in [0.1, 0.15) is 0 Å². The summed E-state index contributed by atoms with van der Waals surface area (Å²) in [6.07, 6.45) is 0. The minimum atomic E-state index is 0.328. The Kier molecular flexibility index (Phi) is 3.69. The third kappa shape index (κ3) is 2.74. The Morgan fingerprint density at radius 2 is 1.74 bits per heavy atom. The van der Waals surface area contributed by atoms with E-state index in [1.807, 2.05) is 0 Å². The maximum atomic E-state index is 4.81. The summed E-state index contributed by atoms with van der Waals surface area (Å²) in [5, 5.41) is 0. The molecule has 0 saturated heterocycles. The minimum absolute atomic E-state index is 0.328. The molecule has 0 fully saturated rings. The first kappa shape index (κ1) is 12.9. The summed E-state index contributed by atoms with van der Waals surface area (Å²) in [4.78, 5) is 7.07. The summed E-state index contributed by atoms with van der Waals surface area (Å²) in [7, 11) is 0. The van der Waals surface area contributed by atoms with Gasteiger partial charge in [0, 0.05) is 0 Å². The van der Waals surface area contributed by atoms with Crippen molar-refractivity contribution in [3.8, 4) is 21.4 Å². The quantitative estimate of drug-likeness (QED) is 0.598. The van der Waals surface area contributed by atoms with Gasteiger partial charge in [0.05, 0.1) is 0 Å². The molecule has 0 N–H and O–H groups in total. The molecule has 3 aromatic rings. The zero-order chi connectivity index (χ0) is 13.2. The summed E-state index contributed by atoms with van der Waals surface area (Å²) in [5.41, 5.74) is 4.87. The fraction of sp³-hybridized carbons (Fsp3) is 0.0625. The zero-order valence-corrected chi connectivity index (χ0v) is 13.7. The number of halogens is 1. The van der Waals surface area contributed by atoms with Crippen molar-refractivity contribution < 1.29 is 0 Å². The summed E-state index contributed by atoms with van der Waals surface area (Å²) in [6, 6.07) is 16.8. The molecule has 0 radical (unpaired) electrons. The Balaban J connectivity index is 2.00. The Morgan fingerprint density at radius 1 is 1.00 bits per heavy atom. The molecule has 94 valence electrons. The van der Waals surface area contributed by atoms with E-state index < -0.39 is 0 Å². The number of hydrogen-bond acceptors (Lipinski definition) is 1. The molecule has 0 amide bonds. The van der Waals surface area contributed by atoms with Gasteiger partial charge in [-0.2, -0.15) is 0 Å². The number of nitrogens with zero attached hydrogens (tertiary/aromatic N) is 1. The third-order valence-electron chi connectivity index (χ3n) is 3.02. The average molecular weight is 377 g/mol. The van der Waals surface area contributed by atoms with Crippen LogP contribution in [0.25, 0.3) is 21.4 Å².